The number of nitrogens with zero attached hydrogens (tertiary/aromatic N) is 4. The van der Waals surface area contributed by atoms with Crippen molar-refractivity contribution in [3.63, 3.8) is 0 Å². The lowest BCUT2D eigenvalue weighted by atomic mass is 10.1. The second-order valence-electron chi connectivity index (χ2n) is 7.95. The molecular formula is C25H25BrN4O5S. The van der Waals surface area contributed by atoms with Gasteiger partial charge in [-0.1, -0.05) is 43.3 Å². The van der Waals surface area contributed by atoms with Crippen LogP contribution in [0, 0.1) is 0 Å². The topological polar surface area (TPSA) is 104 Å². The van der Waals surface area contributed by atoms with E-state index in [0.717, 1.165) is 18.6 Å². The Balaban J connectivity index is 1.94. The maximum absolute atomic E-state index is 13.1. The number of unbranched alkanes of at least 4 members (excludes halogenated alkanes) is 1. The first-order valence-electron chi connectivity index (χ1n) is 11.3. The van der Waals surface area contributed by atoms with Gasteiger partial charge in [0.25, 0.3) is 0 Å². The van der Waals surface area contributed by atoms with Crippen LogP contribution in [-0.4, -0.2) is 39.9 Å². The summed E-state index contributed by atoms with van der Waals surface area (Å²) in [5.74, 6) is 0.936. The molecule has 0 saturated heterocycles. The van der Waals surface area contributed by atoms with E-state index in [2.05, 4.69) is 38.0 Å². The molecule has 3 aromatic rings. The van der Waals surface area contributed by atoms with E-state index >= 15 is 0 Å². The fraction of sp³-hybridized carbons (Fsp3) is 0.320. The minimum absolute atomic E-state index is 0.208. The number of hydrogen-bond donors (Lipinski definition) is 0. The van der Waals surface area contributed by atoms with Crippen LogP contribution in [0.15, 0.2) is 46.0 Å². The Hall–Kier alpha value is -3.18. The molecular weight excluding hydrogens is 548 g/mol. The Morgan fingerprint density at radius 1 is 1.19 bits per heavy atom. The minimum Gasteiger partial charge on any atom is -0.497 e. The van der Waals surface area contributed by atoms with E-state index in [-0.39, 0.29) is 17.5 Å². The second-order valence-corrected chi connectivity index (χ2v) is 9.86. The van der Waals surface area contributed by atoms with Crippen molar-refractivity contribution in [3.05, 3.63) is 46.4 Å². The van der Waals surface area contributed by atoms with Crippen molar-refractivity contribution in [2.45, 2.75) is 45.0 Å². The summed E-state index contributed by atoms with van der Waals surface area (Å²) in [5, 5.41) is 9.19. The first-order valence-corrected chi connectivity index (χ1v) is 13.1. The van der Waals surface area contributed by atoms with Gasteiger partial charge in [0.15, 0.2) is 11.4 Å². The Bertz CT molecular complexity index is 1310. The summed E-state index contributed by atoms with van der Waals surface area (Å²) in [6, 6.07) is 10.6. The van der Waals surface area contributed by atoms with Gasteiger partial charge in [-0.05, 0) is 40.5 Å². The molecule has 1 atom stereocenters. The molecule has 0 saturated carbocycles. The summed E-state index contributed by atoms with van der Waals surface area (Å²) in [4.78, 5) is 31.2. The van der Waals surface area contributed by atoms with Crippen LogP contribution in [0.4, 0.5) is 5.69 Å². The first-order chi connectivity index (χ1) is 17.3. The van der Waals surface area contributed by atoms with Gasteiger partial charge >= 0.3 is 5.97 Å². The van der Waals surface area contributed by atoms with Crippen LogP contribution < -0.4 is 19.1 Å². The third kappa shape index (κ3) is 5.31. The Kier molecular flexibility index (Phi) is 8.10. The normalized spacial score (nSPS) is 14.2. The Labute approximate surface area is 221 Å². The molecule has 1 amide bonds. The van der Waals surface area contributed by atoms with Gasteiger partial charge in [-0.15, -0.1) is 10.2 Å². The highest BCUT2D eigenvalue weighted by atomic mass is 79.9. The molecule has 188 valence electrons. The maximum atomic E-state index is 13.1. The van der Waals surface area contributed by atoms with Gasteiger partial charge in [0.1, 0.15) is 5.75 Å². The lowest BCUT2D eigenvalue weighted by Gasteiger charge is -2.31. The number of fused-ring (bicyclic) bond motifs is 3. The number of esters is 1. The maximum Gasteiger partial charge on any atom is 0.308 e. The molecule has 0 bridgehead atoms. The van der Waals surface area contributed by atoms with E-state index in [9.17, 15) is 9.59 Å². The average molecular weight is 573 g/mol. The molecule has 11 heteroatoms. The third-order valence-electron chi connectivity index (χ3n) is 5.37. The van der Waals surface area contributed by atoms with Crippen LogP contribution in [-0.2, 0) is 9.59 Å². The van der Waals surface area contributed by atoms with Gasteiger partial charge < -0.3 is 14.2 Å². The number of benzene rings is 2. The van der Waals surface area contributed by atoms with Gasteiger partial charge in [0.05, 0.1) is 22.8 Å². The third-order valence-corrected chi connectivity index (χ3v) is 6.89. The molecule has 1 aromatic heterocycles. The van der Waals surface area contributed by atoms with E-state index in [4.69, 9.17) is 14.2 Å². The summed E-state index contributed by atoms with van der Waals surface area (Å²) >= 11 is 4.95. The first kappa shape index (κ1) is 25.9. The predicted molar refractivity (Wildman–Crippen MR) is 139 cm³/mol. The van der Waals surface area contributed by atoms with E-state index < -0.39 is 12.2 Å². The molecule has 0 aliphatic carbocycles. The number of methoxy groups -OCH3 is 1. The quantitative estimate of drug-likeness (QED) is 0.155. The Morgan fingerprint density at radius 3 is 2.67 bits per heavy atom. The van der Waals surface area contributed by atoms with E-state index in [1.54, 1.807) is 18.2 Å². The van der Waals surface area contributed by atoms with Crippen LogP contribution >= 0.6 is 27.7 Å². The Morgan fingerprint density at radius 2 is 1.97 bits per heavy atom. The average Bonchev–Trinajstić information content (AvgIpc) is 2.99. The fourth-order valence-corrected chi connectivity index (χ4v) is 5.16. The molecule has 0 N–H and O–H groups in total. The zero-order chi connectivity index (χ0) is 25.8. The second kappa shape index (κ2) is 11.3. The highest BCUT2D eigenvalue weighted by Gasteiger charge is 2.37. The molecule has 1 aliphatic rings. The molecule has 9 nitrogen and oxygen atoms in total. The van der Waals surface area contributed by atoms with Crippen LogP contribution in [0.1, 0.15) is 45.4 Å². The largest absolute Gasteiger partial charge is 0.497 e. The van der Waals surface area contributed by atoms with Crippen molar-refractivity contribution >= 4 is 45.3 Å². The molecule has 36 heavy (non-hydrogen) atoms. The molecule has 2 aromatic carbocycles. The van der Waals surface area contributed by atoms with E-state index in [0.29, 0.717) is 37.9 Å². The van der Waals surface area contributed by atoms with Gasteiger partial charge in [-0.2, -0.15) is 4.98 Å². The predicted octanol–water partition coefficient (Wildman–Crippen LogP) is 5.57. The number of ether oxygens (including phenoxy) is 3. The number of carbonyl (C=O) groups excluding carboxylic acids is 2. The van der Waals surface area contributed by atoms with Crippen molar-refractivity contribution in [3.8, 4) is 28.6 Å². The lowest BCUT2D eigenvalue weighted by molar-refractivity contribution is -0.132. The number of carbonyl (C=O) groups is 2. The number of aromatic nitrogens is 3. The molecule has 0 radical (unpaired) electrons. The molecule has 4 rings (SSSR count). The van der Waals surface area contributed by atoms with Gasteiger partial charge in [-0.3, -0.25) is 14.5 Å². The summed E-state index contributed by atoms with van der Waals surface area (Å²) in [6.45, 7) is 4.86. The van der Waals surface area contributed by atoms with Crippen molar-refractivity contribution in [2.24, 2.45) is 0 Å². The SMILES string of the molecule is CCCCSc1nnc2c(n1)O[C@@H](c1cc(OC)cc(Br)c1OC(C)=O)N(C(C)=O)c1ccccc1-2. The zero-order valence-electron chi connectivity index (χ0n) is 20.3. The molecule has 0 fully saturated rings. The van der Waals surface area contributed by atoms with Crippen molar-refractivity contribution in [1.82, 2.24) is 15.2 Å². The number of amides is 1. The lowest BCUT2D eigenvalue weighted by Crippen LogP contribution is -2.36. The number of para-hydroxylation sites is 1. The summed E-state index contributed by atoms with van der Waals surface area (Å²) in [7, 11) is 1.52. The summed E-state index contributed by atoms with van der Waals surface area (Å²) in [5.41, 5.74) is 2.01. The number of anilines is 1. The summed E-state index contributed by atoms with van der Waals surface area (Å²) in [6.07, 6.45) is 1.02. The van der Waals surface area contributed by atoms with Gasteiger partial charge in [-0.25, -0.2) is 0 Å². The van der Waals surface area contributed by atoms with Crippen molar-refractivity contribution in [2.75, 3.05) is 17.8 Å². The van der Waals surface area contributed by atoms with Crippen LogP contribution in [0.2, 0.25) is 0 Å². The van der Waals surface area contributed by atoms with Crippen LogP contribution in [0.5, 0.6) is 17.4 Å². The number of thioether (sulfide) groups is 1. The molecule has 1 aliphatic heterocycles. The monoisotopic (exact) mass is 572 g/mol. The van der Waals surface area contributed by atoms with Gasteiger partial charge in [0, 0.05) is 25.2 Å². The number of rotatable bonds is 7. The fourth-order valence-electron chi connectivity index (χ4n) is 3.77. The summed E-state index contributed by atoms with van der Waals surface area (Å²) < 4.78 is 17.9. The number of halogens is 1. The highest BCUT2D eigenvalue weighted by molar-refractivity contribution is 9.10. The molecule has 0 unspecified atom stereocenters. The molecule has 2 heterocycles. The standard InChI is InChI=1S/C25H25BrN4O5S/c1-5-6-11-36-25-27-23-21(28-29-25)17-9-7-8-10-20(17)30(14(2)31)24(35-23)18-12-16(33-4)13-19(26)22(18)34-15(3)32/h7-10,12-13,24H,5-6,11H2,1-4H3/t24-/m0/s1. The smallest absolute Gasteiger partial charge is 0.308 e. The van der Waals surface area contributed by atoms with Crippen molar-refractivity contribution in [1.29, 1.82) is 0 Å². The minimum atomic E-state index is -1.05. The number of hydrogen-bond acceptors (Lipinski definition) is 9. The van der Waals surface area contributed by atoms with Crippen LogP contribution in [0.3, 0.4) is 0 Å². The zero-order valence-corrected chi connectivity index (χ0v) is 22.7. The van der Waals surface area contributed by atoms with Crippen LogP contribution in [0.25, 0.3) is 11.3 Å². The van der Waals surface area contributed by atoms with Crippen molar-refractivity contribution < 1.29 is 23.8 Å². The molecule has 0 spiro atoms. The highest BCUT2D eigenvalue weighted by Crippen LogP contribution is 2.47. The van der Waals surface area contributed by atoms with E-state index in [1.165, 1.54) is 37.6 Å². The van der Waals surface area contributed by atoms with Gasteiger partial charge in [0.2, 0.25) is 23.2 Å². The van der Waals surface area contributed by atoms with E-state index in [1.807, 2.05) is 18.2 Å².